The second kappa shape index (κ2) is 21.8. The van der Waals surface area contributed by atoms with E-state index in [0.29, 0.717) is 84.1 Å². The summed E-state index contributed by atoms with van der Waals surface area (Å²) in [5.41, 5.74) is 10.6. The molecule has 66 heavy (non-hydrogen) atoms. The molecule has 2 aliphatic rings. The standard InChI is InChI=1S/C46H49N10O7.CO.Tc/c1-7-29-22(2)32-14-33-23(3)30(8-10-42(58)55-40(45(60)61)12-27-18-47-20-49-27)37(52-33)17-38-31(9-11-43(59)56-41(46(62)63)13-28-19-48-21-50-28)24(4)34(53-38)16-39-44(26(6)57)25(5)35(54-39)15-36(29)51-32;1-2;/h7,14-21,26,40-41H,1,8-13H2,2-6H3,(H8,47,48,49,50,51,52,53,54,55,56,58,59,60,61,62,63);;/q-1;;+7/p-6/i;;1+1. The second-order valence-electron chi connectivity index (χ2n) is 15.6. The zero-order chi connectivity index (χ0) is 47.1. The van der Waals surface area contributed by atoms with Crippen LogP contribution in [0.1, 0.15) is 90.0 Å². The normalized spacial score (nSPS) is 13.5. The van der Waals surface area contributed by atoms with Crippen molar-refractivity contribution < 1.29 is 59.3 Å². The van der Waals surface area contributed by atoms with E-state index in [-0.39, 0.29) is 58.6 Å². The fourth-order valence-electron chi connectivity index (χ4n) is 7.95. The molecule has 7 rings (SSSR count). The van der Waals surface area contributed by atoms with Crippen molar-refractivity contribution in [2.45, 2.75) is 91.3 Å². The number of carbonyl (C=O) groups is 4. The van der Waals surface area contributed by atoms with E-state index in [9.17, 15) is 34.5 Å². The summed E-state index contributed by atoms with van der Waals surface area (Å²) in [4.78, 5) is 86.3. The van der Waals surface area contributed by atoms with Crippen LogP contribution >= 0.6 is 0 Å². The van der Waals surface area contributed by atoms with Crippen molar-refractivity contribution in [1.29, 1.82) is 0 Å². The molecule has 0 aliphatic carbocycles. The summed E-state index contributed by atoms with van der Waals surface area (Å²) >= 11 is 0. The van der Waals surface area contributed by atoms with Gasteiger partial charge in [-0.25, -0.2) is 9.97 Å². The fourth-order valence-corrected chi connectivity index (χ4v) is 7.95. The molecule has 2 N–H and O–H groups in total. The molecule has 5 aromatic rings. The quantitative estimate of drug-likeness (QED) is 0.100. The van der Waals surface area contributed by atoms with Crippen molar-refractivity contribution in [3.05, 3.63) is 125 Å². The average Bonchev–Trinajstić information content (AvgIpc) is 4.13. The van der Waals surface area contributed by atoms with E-state index in [1.54, 1.807) is 25.1 Å². The Hall–Kier alpha value is -7.01. The van der Waals surface area contributed by atoms with Gasteiger partial charge in [0.25, 0.3) is 0 Å². The monoisotopic (exact) mass is 974 g/mol. The molecule has 8 bridgehead atoms. The minimum absolute atomic E-state index is 0. The van der Waals surface area contributed by atoms with Crippen LogP contribution in [-0.2, 0) is 69.6 Å². The van der Waals surface area contributed by atoms with Crippen molar-refractivity contribution in [2.75, 3.05) is 0 Å². The van der Waals surface area contributed by atoms with Crippen LogP contribution in [0.4, 0.5) is 0 Å². The van der Waals surface area contributed by atoms with Gasteiger partial charge in [0, 0.05) is 18.4 Å². The first-order valence-corrected chi connectivity index (χ1v) is 20.5. The van der Waals surface area contributed by atoms with Crippen LogP contribution in [0.25, 0.3) is 44.4 Å². The molecule has 0 saturated carbocycles. The van der Waals surface area contributed by atoms with Gasteiger partial charge < -0.3 is 65.4 Å². The Labute approximate surface area is 392 Å². The molecule has 0 radical (unpaired) electrons. The molecule has 0 saturated heterocycles. The Balaban J connectivity index is 0.00000269. The van der Waals surface area contributed by atoms with Crippen LogP contribution < -0.4 is 45.9 Å². The number of carbonyl (C=O) groups excluding carboxylic acids is 4. The summed E-state index contributed by atoms with van der Waals surface area (Å²) < 4.78 is 7.50. The summed E-state index contributed by atoms with van der Waals surface area (Å²) in [6.07, 6.45) is 5.85. The summed E-state index contributed by atoms with van der Waals surface area (Å²) in [5, 5.41) is 42.3. The van der Waals surface area contributed by atoms with Gasteiger partial charge in [-0.15, -0.1) is 28.2 Å². The number of rotatable bonds is 16. The number of aromatic nitrogens is 8. The molecule has 7 heterocycles. The van der Waals surface area contributed by atoms with E-state index in [0.717, 1.165) is 16.7 Å². The Morgan fingerprint density at radius 1 is 0.712 bits per heavy atom. The SMILES string of the molecule is C=CC1=C(C)c2cc3[n-]c(cc4[n-]c(cc5nc(cc1n2)C(C)=C5C(C)[O-])c(C)c4CCC(=O)NC(Cc1c[n-]cn1)C(=O)[O-])c(CCC(=O)NC(Cc1c[n-]cn1)C(=O)[O-])c3C.[99Tc+7].[C-]#[O+]. The number of aryl methyl sites for hydroxylation is 4. The Bertz CT molecular complexity index is 2910. The number of hydrogen-bond donors (Lipinski definition) is 2. The number of carboxylic acid groups (broad SMARTS) is 2. The van der Waals surface area contributed by atoms with Crippen LogP contribution in [0.5, 0.6) is 0 Å². The Morgan fingerprint density at radius 3 is 1.59 bits per heavy atom. The molecule has 3 unspecified atom stereocenters. The first-order valence-electron chi connectivity index (χ1n) is 20.5. The third-order valence-corrected chi connectivity index (χ3v) is 11.4. The number of hydrogen-bond acceptors (Lipinski definition) is 11. The summed E-state index contributed by atoms with van der Waals surface area (Å²) in [6, 6.07) is 4.51. The van der Waals surface area contributed by atoms with Crippen LogP contribution in [0.3, 0.4) is 0 Å². The zero-order valence-corrected chi connectivity index (χ0v) is 38.5. The topological polar surface area (TPSA) is 289 Å². The van der Waals surface area contributed by atoms with Crippen molar-refractivity contribution in [1.82, 2.24) is 50.5 Å². The van der Waals surface area contributed by atoms with Crippen LogP contribution in [0, 0.1) is 20.5 Å². The predicted molar refractivity (Wildman–Crippen MR) is 230 cm³/mol. The molecule has 5 aromatic heterocycles. The maximum absolute atomic E-state index is 13.4. The number of nitrogens with one attached hydrogen (secondary N) is 2. The van der Waals surface area contributed by atoms with Crippen molar-refractivity contribution in [2.24, 2.45) is 0 Å². The Kier molecular flexibility index (Phi) is 16.5. The first-order chi connectivity index (χ1) is 31.1. The summed E-state index contributed by atoms with van der Waals surface area (Å²) in [6.45, 7) is 17.6. The predicted octanol–water partition coefficient (Wildman–Crippen LogP) is 0.470. The van der Waals surface area contributed by atoms with Gasteiger partial charge in [0.15, 0.2) is 0 Å². The van der Waals surface area contributed by atoms with Gasteiger partial charge in [0.05, 0.1) is 46.8 Å². The van der Waals surface area contributed by atoms with E-state index in [4.69, 9.17) is 24.6 Å². The zero-order valence-electron chi connectivity index (χ0n) is 36.6. The number of allylic oxidation sites excluding steroid dienone is 4. The van der Waals surface area contributed by atoms with Crippen molar-refractivity contribution in [3.8, 4) is 0 Å². The van der Waals surface area contributed by atoms with Crippen LogP contribution in [0.15, 0.2) is 62.0 Å². The van der Waals surface area contributed by atoms with Gasteiger partial charge in [-0.3, -0.25) is 9.59 Å². The number of carboxylic acids is 2. The molecule has 18 nitrogen and oxygen atoms in total. The maximum atomic E-state index is 13.4. The van der Waals surface area contributed by atoms with E-state index in [1.807, 2.05) is 39.8 Å². The van der Waals surface area contributed by atoms with Gasteiger partial charge in [-0.05, 0) is 76.2 Å². The van der Waals surface area contributed by atoms with E-state index in [1.165, 1.54) is 25.0 Å². The molecule has 0 aromatic carbocycles. The molecule has 19 heteroatoms. The van der Waals surface area contributed by atoms with Gasteiger partial charge in [-0.1, -0.05) is 96.5 Å². The summed E-state index contributed by atoms with van der Waals surface area (Å²) in [7, 11) is 0. The second-order valence-corrected chi connectivity index (χ2v) is 15.6. The molecule has 0 fully saturated rings. The third kappa shape index (κ3) is 11.1. The fraction of sp³-hybridized carbons (Fsp3) is 0.298. The van der Waals surface area contributed by atoms with Gasteiger partial charge in [0.1, 0.15) is 0 Å². The molecule has 3 atom stereocenters. The molecule has 0 spiro atoms. The molecule has 2 amide bonds. The molecule has 2 aliphatic heterocycles. The Morgan fingerprint density at radius 2 is 1.17 bits per heavy atom. The van der Waals surface area contributed by atoms with Crippen molar-refractivity contribution >= 4 is 68.1 Å². The van der Waals surface area contributed by atoms with Crippen molar-refractivity contribution in [3.63, 3.8) is 0 Å². The van der Waals surface area contributed by atoms with E-state index in [2.05, 4.69) is 43.8 Å². The van der Waals surface area contributed by atoms with E-state index < -0.39 is 41.9 Å². The van der Waals surface area contributed by atoms with Crippen LogP contribution in [0.2, 0.25) is 0 Å². The number of aliphatic carboxylic acids is 2. The van der Waals surface area contributed by atoms with Gasteiger partial charge >= 0.3 is 31.4 Å². The number of nitrogens with zero attached hydrogens (tertiary/aromatic N) is 8. The number of imidazole rings is 2. The van der Waals surface area contributed by atoms with Gasteiger partial charge in [-0.2, -0.15) is 0 Å². The third-order valence-electron chi connectivity index (χ3n) is 11.4. The molecular weight excluding hydrogens is 931 g/mol. The number of amides is 2. The van der Waals surface area contributed by atoms with E-state index >= 15 is 0 Å². The number of fused-ring (bicyclic) bond motifs is 8. The van der Waals surface area contributed by atoms with Gasteiger partial charge in [0.2, 0.25) is 11.8 Å². The summed E-state index contributed by atoms with van der Waals surface area (Å²) in [5.74, 6) is -4.00. The average molecular weight is 975 g/mol. The van der Waals surface area contributed by atoms with Crippen LogP contribution in [-0.4, -0.2) is 61.9 Å². The molecule has 336 valence electrons. The minimum atomic E-state index is -1.47. The first kappa shape index (κ1) is 50.0. The molecular formula is C47H43N10O8Tc.